The van der Waals surface area contributed by atoms with Gasteiger partial charge in [-0.3, -0.25) is 0 Å². The van der Waals surface area contributed by atoms with Gasteiger partial charge in [0, 0.05) is 11.6 Å². The van der Waals surface area contributed by atoms with E-state index in [4.69, 9.17) is 0 Å². The van der Waals surface area contributed by atoms with Crippen molar-refractivity contribution in [3.8, 4) is 0 Å². The molecule has 0 spiro atoms. The quantitative estimate of drug-likeness (QED) is 0.767. The monoisotopic (exact) mass is 341 g/mol. The topological polar surface area (TPSA) is 71.2 Å². The van der Waals surface area contributed by atoms with Crippen molar-refractivity contribution in [2.45, 2.75) is 38.0 Å². The molecule has 5 nitrogen and oxygen atoms in total. The maximum atomic E-state index is 13.1. The summed E-state index contributed by atoms with van der Waals surface area (Å²) in [5.74, 6) is -0.367. The molecule has 1 aliphatic rings. The Kier molecular flexibility index (Phi) is 4.01. The molecule has 0 radical (unpaired) electrons. The zero-order valence-corrected chi connectivity index (χ0v) is 13.9. The number of hydrogen-bond donors (Lipinski definition) is 2. The van der Waals surface area contributed by atoms with E-state index in [0.29, 0.717) is 12.8 Å². The predicted molar refractivity (Wildman–Crippen MR) is 91.5 cm³/mol. The number of hydrogen-bond acceptors (Lipinski definition) is 4. The molecule has 0 bridgehead atoms. The van der Waals surface area contributed by atoms with E-state index in [9.17, 15) is 14.6 Å². The van der Waals surface area contributed by atoms with Crippen LogP contribution >= 0.6 is 0 Å². The first-order valence-electron chi connectivity index (χ1n) is 8.43. The second-order valence-corrected chi connectivity index (χ2v) is 6.79. The van der Waals surface area contributed by atoms with Crippen molar-refractivity contribution in [1.29, 1.82) is 0 Å². The van der Waals surface area contributed by atoms with E-state index in [1.54, 1.807) is 12.1 Å². The highest BCUT2D eigenvalue weighted by atomic mass is 19.1. The fraction of sp³-hybridized carbons (Fsp3) is 0.368. The first-order chi connectivity index (χ1) is 12.0. The molecule has 0 aliphatic heterocycles. The van der Waals surface area contributed by atoms with Crippen LogP contribution in [0.1, 0.15) is 23.7 Å². The molecular weight excluding hydrogens is 321 g/mol. The molecule has 4 atom stereocenters. The minimum atomic E-state index is -0.865. The van der Waals surface area contributed by atoms with Crippen molar-refractivity contribution >= 4 is 11.0 Å². The number of aliphatic hydroxyl groups is 2. The van der Waals surface area contributed by atoms with Crippen molar-refractivity contribution in [2.75, 3.05) is 0 Å². The summed E-state index contributed by atoms with van der Waals surface area (Å²) < 4.78 is 15.0. The Balaban J connectivity index is 1.61. The van der Waals surface area contributed by atoms with Gasteiger partial charge in [0.05, 0.1) is 17.8 Å². The average Bonchev–Trinajstić information content (AvgIpc) is 3.14. The van der Waals surface area contributed by atoms with Crippen LogP contribution in [0.2, 0.25) is 0 Å². The van der Waals surface area contributed by atoms with Gasteiger partial charge in [0.15, 0.2) is 0 Å². The molecule has 1 saturated carbocycles. The third-order valence-electron chi connectivity index (χ3n) is 5.25. The van der Waals surface area contributed by atoms with Gasteiger partial charge in [-0.2, -0.15) is 0 Å². The molecule has 2 heterocycles. The van der Waals surface area contributed by atoms with Gasteiger partial charge in [0.1, 0.15) is 23.9 Å². The number of rotatable bonds is 3. The van der Waals surface area contributed by atoms with Gasteiger partial charge >= 0.3 is 0 Å². The molecule has 3 aromatic rings. The summed E-state index contributed by atoms with van der Waals surface area (Å²) in [6.07, 6.45) is 2.95. The Morgan fingerprint density at radius 2 is 1.88 bits per heavy atom. The van der Waals surface area contributed by atoms with Gasteiger partial charge in [-0.15, -0.1) is 0 Å². The minimum absolute atomic E-state index is 0.0918. The molecule has 2 N–H and O–H groups in total. The van der Waals surface area contributed by atoms with E-state index in [2.05, 4.69) is 9.97 Å². The SMILES string of the molecule is Cc1ncnc2c1ccn2C1CC(Cc2ccc(F)cc2)C(O)C1O. The number of benzene rings is 1. The molecular formula is C19H20FN3O2. The lowest BCUT2D eigenvalue weighted by molar-refractivity contribution is 0.00683. The van der Waals surface area contributed by atoms with Gasteiger partial charge in [-0.1, -0.05) is 12.1 Å². The van der Waals surface area contributed by atoms with Crippen LogP contribution in [-0.4, -0.2) is 37.0 Å². The molecule has 2 aromatic heterocycles. The van der Waals surface area contributed by atoms with Crippen LogP contribution in [0.5, 0.6) is 0 Å². The minimum Gasteiger partial charge on any atom is -0.390 e. The maximum absolute atomic E-state index is 13.1. The summed E-state index contributed by atoms with van der Waals surface area (Å²) in [5, 5.41) is 22.0. The highest BCUT2D eigenvalue weighted by Crippen LogP contribution is 2.38. The van der Waals surface area contributed by atoms with Crippen LogP contribution in [0.25, 0.3) is 11.0 Å². The third kappa shape index (κ3) is 2.81. The summed E-state index contributed by atoms with van der Waals surface area (Å²) in [5.41, 5.74) is 2.61. The van der Waals surface area contributed by atoms with E-state index >= 15 is 0 Å². The molecule has 1 aliphatic carbocycles. The summed E-state index contributed by atoms with van der Waals surface area (Å²) >= 11 is 0. The summed E-state index contributed by atoms with van der Waals surface area (Å²) in [7, 11) is 0. The van der Waals surface area contributed by atoms with Crippen molar-refractivity contribution in [3.05, 3.63) is 59.9 Å². The second-order valence-electron chi connectivity index (χ2n) is 6.79. The second kappa shape index (κ2) is 6.20. The van der Waals surface area contributed by atoms with Crippen LogP contribution in [0, 0.1) is 18.7 Å². The van der Waals surface area contributed by atoms with E-state index in [0.717, 1.165) is 22.3 Å². The first-order valence-corrected chi connectivity index (χ1v) is 8.43. The van der Waals surface area contributed by atoms with Crippen LogP contribution in [0.15, 0.2) is 42.9 Å². The molecule has 1 fully saturated rings. The Morgan fingerprint density at radius 1 is 1.12 bits per heavy atom. The first kappa shape index (κ1) is 16.2. The van der Waals surface area contributed by atoms with Crippen LogP contribution in [-0.2, 0) is 6.42 Å². The number of fused-ring (bicyclic) bond motifs is 1. The van der Waals surface area contributed by atoms with Gasteiger partial charge < -0.3 is 14.8 Å². The molecule has 130 valence electrons. The number of aliphatic hydroxyl groups excluding tert-OH is 2. The lowest BCUT2D eigenvalue weighted by atomic mass is 9.96. The molecule has 0 saturated heterocycles. The summed E-state index contributed by atoms with van der Waals surface area (Å²) in [4.78, 5) is 8.53. The largest absolute Gasteiger partial charge is 0.390 e. The zero-order valence-electron chi connectivity index (χ0n) is 13.9. The Hall–Kier alpha value is -2.31. The van der Waals surface area contributed by atoms with Gasteiger partial charge in [-0.05, 0) is 49.4 Å². The molecule has 0 amide bonds. The lowest BCUT2D eigenvalue weighted by Crippen LogP contribution is -2.30. The van der Waals surface area contributed by atoms with E-state index in [1.165, 1.54) is 18.5 Å². The fourth-order valence-corrected chi connectivity index (χ4v) is 3.87. The van der Waals surface area contributed by atoms with Gasteiger partial charge in [-0.25, -0.2) is 14.4 Å². The van der Waals surface area contributed by atoms with Crippen molar-refractivity contribution in [2.24, 2.45) is 5.92 Å². The summed E-state index contributed by atoms with van der Waals surface area (Å²) in [6, 6.07) is 7.99. The smallest absolute Gasteiger partial charge is 0.143 e. The highest BCUT2D eigenvalue weighted by molar-refractivity contribution is 5.78. The normalized spacial score (nSPS) is 26.4. The van der Waals surface area contributed by atoms with Crippen LogP contribution in [0.4, 0.5) is 4.39 Å². The number of nitrogens with zero attached hydrogens (tertiary/aromatic N) is 3. The molecule has 4 rings (SSSR count). The summed E-state index contributed by atoms with van der Waals surface area (Å²) in [6.45, 7) is 1.92. The lowest BCUT2D eigenvalue weighted by Gasteiger charge is -2.19. The van der Waals surface area contributed by atoms with Gasteiger partial charge in [0.25, 0.3) is 0 Å². The molecule has 25 heavy (non-hydrogen) atoms. The fourth-order valence-electron chi connectivity index (χ4n) is 3.87. The van der Waals surface area contributed by atoms with Crippen LogP contribution < -0.4 is 0 Å². The molecule has 6 heteroatoms. The third-order valence-corrected chi connectivity index (χ3v) is 5.25. The van der Waals surface area contributed by atoms with E-state index < -0.39 is 12.2 Å². The zero-order chi connectivity index (χ0) is 17.6. The van der Waals surface area contributed by atoms with Crippen molar-refractivity contribution in [1.82, 2.24) is 14.5 Å². The number of halogens is 1. The van der Waals surface area contributed by atoms with E-state index in [1.807, 2.05) is 23.8 Å². The Morgan fingerprint density at radius 3 is 2.64 bits per heavy atom. The van der Waals surface area contributed by atoms with Crippen molar-refractivity contribution in [3.63, 3.8) is 0 Å². The highest BCUT2D eigenvalue weighted by Gasteiger charge is 2.42. The van der Waals surface area contributed by atoms with Crippen molar-refractivity contribution < 1.29 is 14.6 Å². The number of aromatic nitrogens is 3. The predicted octanol–water partition coefficient (Wildman–Crippen LogP) is 2.40. The standard InChI is InChI=1S/C19H20FN3O2/c1-11-15-6-7-23(19(15)22-10-21-11)16-9-13(17(24)18(16)25)8-12-2-4-14(20)5-3-12/h2-7,10,13,16-18,24-25H,8-9H2,1H3. The van der Waals surface area contributed by atoms with E-state index in [-0.39, 0.29) is 17.8 Å². The van der Waals surface area contributed by atoms with Gasteiger partial charge in [0.2, 0.25) is 0 Å². The number of aryl methyl sites for hydroxylation is 1. The molecule has 1 aromatic carbocycles. The maximum Gasteiger partial charge on any atom is 0.143 e. The Labute approximate surface area is 144 Å². The molecule has 4 unspecified atom stereocenters. The van der Waals surface area contributed by atoms with Crippen LogP contribution in [0.3, 0.4) is 0 Å². The average molecular weight is 341 g/mol. The Bertz CT molecular complexity index is 893.